The first-order valence-electron chi connectivity index (χ1n) is 6.11. The van der Waals surface area contributed by atoms with E-state index in [1.165, 1.54) is 0 Å². The molecule has 2 aromatic heterocycles. The average Bonchev–Trinajstić information content (AvgIpc) is 2.46. The molecule has 19 heavy (non-hydrogen) atoms. The average molecular weight is 256 g/mol. The Morgan fingerprint density at radius 2 is 1.89 bits per heavy atom. The van der Waals surface area contributed by atoms with Crippen molar-refractivity contribution >= 4 is 5.91 Å². The third-order valence-corrected chi connectivity index (χ3v) is 2.85. The highest BCUT2D eigenvalue weighted by Crippen LogP contribution is 2.03. The van der Waals surface area contributed by atoms with Gasteiger partial charge in [-0.25, -0.2) is 0 Å². The summed E-state index contributed by atoms with van der Waals surface area (Å²) in [6.45, 7) is 2.48. The van der Waals surface area contributed by atoms with E-state index in [9.17, 15) is 4.79 Å². The Morgan fingerprint density at radius 1 is 1.16 bits per heavy atom. The van der Waals surface area contributed by atoms with Crippen molar-refractivity contribution in [3.05, 3.63) is 53.6 Å². The Balaban J connectivity index is 1.94. The standard InChI is InChI=1S/C14H16N4O/c1-11-3-4-13(17-16-11)14(19)18(2)10-7-12-5-8-15-9-6-12/h3-6,8-9H,7,10H2,1-2H3. The molecular formula is C14H16N4O. The summed E-state index contributed by atoms with van der Waals surface area (Å²) in [6.07, 6.45) is 4.30. The monoisotopic (exact) mass is 256 g/mol. The maximum absolute atomic E-state index is 12.1. The number of rotatable bonds is 4. The Hall–Kier alpha value is -2.30. The van der Waals surface area contributed by atoms with Crippen molar-refractivity contribution < 1.29 is 4.79 Å². The molecule has 98 valence electrons. The zero-order valence-corrected chi connectivity index (χ0v) is 11.1. The summed E-state index contributed by atoms with van der Waals surface area (Å²) < 4.78 is 0. The van der Waals surface area contributed by atoms with Crippen LogP contribution in [0.4, 0.5) is 0 Å². The molecule has 1 amide bonds. The van der Waals surface area contributed by atoms with Gasteiger partial charge in [0.2, 0.25) is 0 Å². The predicted octanol–water partition coefficient (Wildman–Crippen LogP) is 1.49. The fraction of sp³-hybridized carbons (Fsp3) is 0.286. The molecule has 0 aromatic carbocycles. The first-order chi connectivity index (χ1) is 9.16. The van der Waals surface area contributed by atoms with Gasteiger partial charge in [-0.3, -0.25) is 9.78 Å². The van der Waals surface area contributed by atoms with Gasteiger partial charge in [-0.1, -0.05) is 0 Å². The minimum absolute atomic E-state index is 0.110. The molecule has 0 unspecified atom stereocenters. The lowest BCUT2D eigenvalue weighted by molar-refractivity contribution is 0.0789. The van der Waals surface area contributed by atoms with E-state index in [1.807, 2.05) is 19.1 Å². The zero-order valence-electron chi connectivity index (χ0n) is 11.1. The van der Waals surface area contributed by atoms with Crippen LogP contribution in [0.25, 0.3) is 0 Å². The molecule has 5 nitrogen and oxygen atoms in total. The minimum Gasteiger partial charge on any atom is -0.340 e. The third kappa shape index (κ3) is 3.58. The van der Waals surface area contributed by atoms with Crippen molar-refractivity contribution in [3.8, 4) is 0 Å². The summed E-state index contributed by atoms with van der Waals surface area (Å²) in [5.74, 6) is -0.110. The second kappa shape index (κ2) is 6.04. The van der Waals surface area contributed by atoms with Gasteiger partial charge in [0.05, 0.1) is 5.69 Å². The Kier molecular flexibility index (Phi) is 4.18. The number of carbonyl (C=O) groups is 1. The molecule has 0 bridgehead atoms. The lowest BCUT2D eigenvalue weighted by Crippen LogP contribution is -2.29. The van der Waals surface area contributed by atoms with E-state index < -0.39 is 0 Å². The van der Waals surface area contributed by atoms with Gasteiger partial charge in [0.25, 0.3) is 5.91 Å². The van der Waals surface area contributed by atoms with E-state index in [0.29, 0.717) is 12.2 Å². The minimum atomic E-state index is -0.110. The third-order valence-electron chi connectivity index (χ3n) is 2.85. The van der Waals surface area contributed by atoms with Crippen LogP contribution < -0.4 is 0 Å². The maximum Gasteiger partial charge on any atom is 0.274 e. The number of hydrogen-bond acceptors (Lipinski definition) is 4. The first kappa shape index (κ1) is 13.1. The Morgan fingerprint density at radius 3 is 2.53 bits per heavy atom. The SMILES string of the molecule is Cc1ccc(C(=O)N(C)CCc2ccncc2)nn1. The van der Waals surface area contributed by atoms with Gasteiger partial charge < -0.3 is 4.90 Å². The number of aromatic nitrogens is 3. The summed E-state index contributed by atoms with van der Waals surface area (Å²) in [5.41, 5.74) is 2.34. The Bertz CT molecular complexity index is 539. The number of pyridine rings is 1. The van der Waals surface area contributed by atoms with Crippen molar-refractivity contribution in [2.45, 2.75) is 13.3 Å². The second-order valence-electron chi connectivity index (χ2n) is 4.39. The molecule has 0 fully saturated rings. The van der Waals surface area contributed by atoms with E-state index in [4.69, 9.17) is 0 Å². The lowest BCUT2D eigenvalue weighted by Gasteiger charge is -2.16. The maximum atomic E-state index is 12.1. The van der Waals surface area contributed by atoms with Gasteiger partial charge in [0.1, 0.15) is 0 Å². The molecule has 0 aliphatic carbocycles. The van der Waals surface area contributed by atoms with E-state index >= 15 is 0 Å². The topological polar surface area (TPSA) is 59.0 Å². The van der Waals surface area contributed by atoms with Crippen LogP contribution in [0.1, 0.15) is 21.7 Å². The molecule has 0 spiro atoms. The van der Waals surface area contributed by atoms with Crippen LogP contribution in [0, 0.1) is 6.92 Å². The number of aryl methyl sites for hydroxylation is 1. The fourth-order valence-electron chi connectivity index (χ4n) is 1.66. The molecule has 0 saturated carbocycles. The smallest absolute Gasteiger partial charge is 0.274 e. The van der Waals surface area contributed by atoms with Gasteiger partial charge in [0.15, 0.2) is 5.69 Å². The first-order valence-corrected chi connectivity index (χ1v) is 6.11. The van der Waals surface area contributed by atoms with Gasteiger partial charge in [0, 0.05) is 26.0 Å². The van der Waals surface area contributed by atoms with Crippen LogP contribution in [0.5, 0.6) is 0 Å². The molecule has 0 aliphatic heterocycles. The van der Waals surface area contributed by atoms with Crippen molar-refractivity contribution in [2.24, 2.45) is 0 Å². The molecule has 0 aliphatic rings. The van der Waals surface area contributed by atoms with Crippen LogP contribution in [-0.2, 0) is 6.42 Å². The summed E-state index contributed by atoms with van der Waals surface area (Å²) in [4.78, 5) is 17.7. The predicted molar refractivity (Wildman–Crippen MR) is 71.7 cm³/mol. The second-order valence-corrected chi connectivity index (χ2v) is 4.39. The summed E-state index contributed by atoms with van der Waals surface area (Å²) >= 11 is 0. The van der Waals surface area contributed by atoms with Gasteiger partial charge in [-0.05, 0) is 43.2 Å². The highest BCUT2D eigenvalue weighted by atomic mass is 16.2. The summed E-state index contributed by atoms with van der Waals surface area (Å²) in [5, 5.41) is 7.80. The molecule has 0 atom stereocenters. The highest BCUT2D eigenvalue weighted by Gasteiger charge is 2.13. The van der Waals surface area contributed by atoms with Gasteiger partial charge >= 0.3 is 0 Å². The van der Waals surface area contributed by atoms with Gasteiger partial charge in [-0.15, -0.1) is 5.10 Å². The number of likely N-dealkylation sites (N-methyl/N-ethyl adjacent to an activating group) is 1. The van der Waals surface area contributed by atoms with Crippen LogP contribution in [0.3, 0.4) is 0 Å². The lowest BCUT2D eigenvalue weighted by atomic mass is 10.2. The number of amides is 1. The molecule has 5 heteroatoms. The molecule has 2 aromatic rings. The van der Waals surface area contributed by atoms with E-state index in [-0.39, 0.29) is 5.91 Å². The van der Waals surface area contributed by atoms with Crippen molar-refractivity contribution in [3.63, 3.8) is 0 Å². The largest absolute Gasteiger partial charge is 0.340 e. The fourth-order valence-corrected chi connectivity index (χ4v) is 1.66. The molecule has 2 heterocycles. The number of nitrogens with zero attached hydrogens (tertiary/aromatic N) is 4. The number of hydrogen-bond donors (Lipinski definition) is 0. The molecular weight excluding hydrogens is 240 g/mol. The van der Waals surface area contributed by atoms with Crippen molar-refractivity contribution in [1.82, 2.24) is 20.1 Å². The molecule has 0 radical (unpaired) electrons. The van der Waals surface area contributed by atoms with Gasteiger partial charge in [-0.2, -0.15) is 5.10 Å². The van der Waals surface area contributed by atoms with Crippen LogP contribution in [0.15, 0.2) is 36.7 Å². The number of carbonyl (C=O) groups excluding carboxylic acids is 1. The normalized spacial score (nSPS) is 10.2. The molecule has 0 N–H and O–H groups in total. The van der Waals surface area contributed by atoms with Crippen LogP contribution >= 0.6 is 0 Å². The Labute approximate surface area is 112 Å². The van der Waals surface area contributed by atoms with E-state index in [1.54, 1.807) is 36.5 Å². The van der Waals surface area contributed by atoms with Crippen LogP contribution in [-0.4, -0.2) is 39.6 Å². The van der Waals surface area contributed by atoms with Crippen LogP contribution in [0.2, 0.25) is 0 Å². The summed E-state index contributed by atoms with van der Waals surface area (Å²) in [6, 6.07) is 7.39. The van der Waals surface area contributed by atoms with Crippen molar-refractivity contribution in [1.29, 1.82) is 0 Å². The quantitative estimate of drug-likeness (QED) is 0.831. The summed E-state index contributed by atoms with van der Waals surface area (Å²) in [7, 11) is 1.77. The van der Waals surface area contributed by atoms with E-state index in [2.05, 4.69) is 15.2 Å². The van der Waals surface area contributed by atoms with Crippen molar-refractivity contribution in [2.75, 3.05) is 13.6 Å². The van der Waals surface area contributed by atoms with E-state index in [0.717, 1.165) is 17.7 Å². The molecule has 0 saturated heterocycles. The zero-order chi connectivity index (χ0) is 13.7. The molecule has 2 rings (SSSR count). The highest BCUT2D eigenvalue weighted by molar-refractivity contribution is 5.91.